The van der Waals surface area contributed by atoms with Gasteiger partial charge in [-0.15, -0.1) is 11.3 Å². The summed E-state index contributed by atoms with van der Waals surface area (Å²) >= 11 is 1.59. The van der Waals surface area contributed by atoms with Gasteiger partial charge in [-0.25, -0.2) is 14.8 Å². The third-order valence-electron chi connectivity index (χ3n) is 4.97. The lowest BCUT2D eigenvalue weighted by Gasteiger charge is -2.11. The molecule has 0 saturated carbocycles. The molecule has 33 heavy (non-hydrogen) atoms. The topological polar surface area (TPSA) is 92.9 Å². The summed E-state index contributed by atoms with van der Waals surface area (Å²) in [6, 6.07) is 10.9. The average molecular weight is 472 g/mol. The van der Waals surface area contributed by atoms with Crippen molar-refractivity contribution < 1.29 is 18.0 Å². The minimum absolute atomic E-state index is 0.251. The molecule has 0 atom stereocenters. The van der Waals surface area contributed by atoms with Crippen LogP contribution in [-0.2, 0) is 12.6 Å². The van der Waals surface area contributed by atoms with Crippen molar-refractivity contribution in [2.24, 2.45) is 0 Å². The number of halogens is 3. The second-order valence-corrected chi connectivity index (χ2v) is 8.40. The number of benzene rings is 2. The van der Waals surface area contributed by atoms with Gasteiger partial charge in [0.05, 0.1) is 10.9 Å². The molecule has 0 unspecified atom stereocenters. The highest BCUT2D eigenvalue weighted by Crippen LogP contribution is 2.41. The molecule has 0 radical (unpaired) electrons. The highest BCUT2D eigenvalue weighted by Gasteiger charge is 2.30. The fourth-order valence-corrected chi connectivity index (χ4v) is 4.74. The van der Waals surface area contributed by atoms with Crippen LogP contribution < -0.4 is 16.4 Å². The van der Waals surface area contributed by atoms with Gasteiger partial charge in [0.15, 0.2) is 0 Å². The summed E-state index contributed by atoms with van der Waals surface area (Å²) in [4.78, 5) is 22.7. The van der Waals surface area contributed by atoms with Gasteiger partial charge in [-0.1, -0.05) is 25.5 Å². The number of nitrogens with zero attached hydrogens (tertiary/aromatic N) is 2. The van der Waals surface area contributed by atoms with Crippen molar-refractivity contribution in [3.63, 3.8) is 0 Å². The number of carbonyl (C=O) groups is 1. The van der Waals surface area contributed by atoms with Gasteiger partial charge in [-0.3, -0.25) is 0 Å². The number of carbonyl (C=O) groups excluding carboxylic acids is 1. The first-order valence-electron chi connectivity index (χ1n) is 10.1. The second kappa shape index (κ2) is 9.07. The first-order valence-corrected chi connectivity index (χ1v) is 11.0. The summed E-state index contributed by atoms with van der Waals surface area (Å²) in [5, 5.41) is 6.02. The number of thiophene rings is 1. The first-order chi connectivity index (χ1) is 15.8. The minimum Gasteiger partial charge on any atom is -0.383 e. The van der Waals surface area contributed by atoms with E-state index < -0.39 is 17.8 Å². The van der Waals surface area contributed by atoms with E-state index in [-0.39, 0.29) is 5.69 Å². The Morgan fingerprint density at radius 1 is 1.00 bits per heavy atom. The number of aryl methyl sites for hydroxylation is 1. The number of fused-ring (bicyclic) bond motifs is 1. The Bertz CT molecular complexity index is 1280. The number of amides is 2. The van der Waals surface area contributed by atoms with Crippen LogP contribution in [0.1, 0.15) is 23.8 Å². The van der Waals surface area contributed by atoms with Crippen LogP contribution in [0.25, 0.3) is 21.3 Å². The molecule has 170 valence electrons. The maximum atomic E-state index is 12.7. The summed E-state index contributed by atoms with van der Waals surface area (Å²) in [5.74, 6) is 0.423. The van der Waals surface area contributed by atoms with Crippen LogP contribution in [-0.4, -0.2) is 16.0 Å². The standard InChI is InChI=1S/C23H20F3N5OS/c1-2-3-17-18(19-20(27)28-12-29-21(19)33-17)13-4-8-15(9-5-13)30-22(32)31-16-10-6-14(7-11-16)23(24,25)26/h4-12H,2-3H2,1H3,(H2,27,28,29)(H2,30,31,32). The van der Waals surface area contributed by atoms with E-state index in [1.54, 1.807) is 23.5 Å². The Morgan fingerprint density at radius 2 is 1.61 bits per heavy atom. The second-order valence-electron chi connectivity index (χ2n) is 7.32. The van der Waals surface area contributed by atoms with E-state index in [1.807, 2.05) is 12.1 Å². The van der Waals surface area contributed by atoms with E-state index in [0.29, 0.717) is 11.5 Å². The molecular weight excluding hydrogens is 451 g/mol. The van der Waals surface area contributed by atoms with Crippen LogP contribution in [0.15, 0.2) is 54.9 Å². The van der Waals surface area contributed by atoms with E-state index in [9.17, 15) is 18.0 Å². The van der Waals surface area contributed by atoms with Crippen molar-refractivity contribution in [2.45, 2.75) is 25.9 Å². The van der Waals surface area contributed by atoms with E-state index in [0.717, 1.165) is 46.3 Å². The van der Waals surface area contributed by atoms with Crippen molar-refractivity contribution in [1.82, 2.24) is 9.97 Å². The molecule has 0 aliphatic rings. The van der Waals surface area contributed by atoms with Gasteiger partial charge in [0.2, 0.25) is 0 Å². The molecule has 4 N–H and O–H groups in total. The molecular formula is C23H20F3N5OS. The predicted octanol–water partition coefficient (Wildman–Crippen LogP) is 6.56. The number of urea groups is 1. The van der Waals surface area contributed by atoms with Crippen molar-refractivity contribution in [3.05, 3.63) is 65.3 Å². The van der Waals surface area contributed by atoms with Crippen LogP contribution in [0.2, 0.25) is 0 Å². The normalized spacial score (nSPS) is 11.5. The molecule has 0 aliphatic heterocycles. The molecule has 2 aromatic carbocycles. The van der Waals surface area contributed by atoms with Gasteiger partial charge >= 0.3 is 12.2 Å². The molecule has 2 aromatic heterocycles. The van der Waals surface area contributed by atoms with Crippen LogP contribution in [0, 0.1) is 0 Å². The molecule has 0 fully saturated rings. The van der Waals surface area contributed by atoms with Gasteiger partial charge in [0, 0.05) is 21.8 Å². The number of hydrogen-bond acceptors (Lipinski definition) is 5. The predicted molar refractivity (Wildman–Crippen MR) is 125 cm³/mol. The first kappa shape index (κ1) is 22.5. The largest absolute Gasteiger partial charge is 0.416 e. The quantitative estimate of drug-likeness (QED) is 0.307. The molecule has 10 heteroatoms. The van der Waals surface area contributed by atoms with Gasteiger partial charge in [-0.05, 0) is 48.4 Å². The molecule has 0 spiro atoms. The average Bonchev–Trinajstić information content (AvgIpc) is 3.14. The zero-order valence-corrected chi connectivity index (χ0v) is 18.3. The molecule has 4 rings (SSSR count). The Kier molecular flexibility index (Phi) is 6.19. The van der Waals surface area contributed by atoms with Crippen LogP contribution >= 0.6 is 11.3 Å². The minimum atomic E-state index is -4.43. The smallest absolute Gasteiger partial charge is 0.383 e. The summed E-state index contributed by atoms with van der Waals surface area (Å²) in [7, 11) is 0. The Hall–Kier alpha value is -3.66. The van der Waals surface area contributed by atoms with Gasteiger partial charge in [-0.2, -0.15) is 13.2 Å². The Labute approximate surface area is 191 Å². The van der Waals surface area contributed by atoms with Gasteiger partial charge < -0.3 is 16.4 Å². The van der Waals surface area contributed by atoms with Crippen molar-refractivity contribution in [1.29, 1.82) is 0 Å². The number of alkyl halides is 3. The van der Waals surface area contributed by atoms with E-state index in [1.165, 1.54) is 23.3 Å². The number of rotatable bonds is 5. The highest BCUT2D eigenvalue weighted by molar-refractivity contribution is 7.19. The lowest BCUT2D eigenvalue weighted by molar-refractivity contribution is -0.137. The maximum absolute atomic E-state index is 12.7. The zero-order valence-electron chi connectivity index (χ0n) is 17.5. The maximum Gasteiger partial charge on any atom is 0.416 e. The monoisotopic (exact) mass is 471 g/mol. The number of anilines is 3. The SMILES string of the molecule is CCCc1sc2ncnc(N)c2c1-c1ccc(NC(=O)Nc2ccc(C(F)(F)F)cc2)cc1. The van der Waals surface area contributed by atoms with E-state index in [4.69, 9.17) is 5.73 Å². The number of aromatic nitrogens is 2. The number of nitrogens with two attached hydrogens (primary N) is 1. The number of hydrogen-bond donors (Lipinski definition) is 3. The van der Waals surface area contributed by atoms with Gasteiger partial charge in [0.25, 0.3) is 0 Å². The molecule has 6 nitrogen and oxygen atoms in total. The van der Waals surface area contributed by atoms with Crippen molar-refractivity contribution >= 4 is 44.8 Å². The van der Waals surface area contributed by atoms with Crippen molar-refractivity contribution in [3.8, 4) is 11.1 Å². The Morgan fingerprint density at radius 3 is 2.18 bits per heavy atom. The fourth-order valence-electron chi connectivity index (χ4n) is 3.47. The van der Waals surface area contributed by atoms with Gasteiger partial charge in [0.1, 0.15) is 17.0 Å². The van der Waals surface area contributed by atoms with Crippen LogP contribution in [0.5, 0.6) is 0 Å². The zero-order chi connectivity index (χ0) is 23.6. The number of nitrogen functional groups attached to an aromatic ring is 1. The fraction of sp³-hybridized carbons (Fsp3) is 0.174. The molecule has 0 aliphatic carbocycles. The van der Waals surface area contributed by atoms with E-state index in [2.05, 4.69) is 27.5 Å². The molecule has 2 amide bonds. The van der Waals surface area contributed by atoms with E-state index >= 15 is 0 Å². The molecule has 4 aromatic rings. The lowest BCUT2D eigenvalue weighted by atomic mass is 10.0. The highest BCUT2D eigenvalue weighted by atomic mass is 32.1. The lowest BCUT2D eigenvalue weighted by Crippen LogP contribution is -2.19. The molecule has 2 heterocycles. The Balaban J connectivity index is 1.51. The summed E-state index contributed by atoms with van der Waals surface area (Å²) in [6.45, 7) is 2.10. The van der Waals surface area contributed by atoms with Crippen LogP contribution in [0.3, 0.4) is 0 Å². The summed E-state index contributed by atoms with van der Waals surface area (Å²) < 4.78 is 38.0. The van der Waals surface area contributed by atoms with Crippen molar-refractivity contribution in [2.75, 3.05) is 16.4 Å². The summed E-state index contributed by atoms with van der Waals surface area (Å²) in [5.41, 5.74) is 8.06. The third-order valence-corrected chi connectivity index (χ3v) is 6.13. The molecule has 0 bridgehead atoms. The summed E-state index contributed by atoms with van der Waals surface area (Å²) in [6.07, 6.45) is -1.12. The number of nitrogens with one attached hydrogen (secondary N) is 2. The van der Waals surface area contributed by atoms with Crippen LogP contribution in [0.4, 0.5) is 35.2 Å². The third kappa shape index (κ3) is 4.90. The molecule has 0 saturated heterocycles.